The molecule has 5 rings (SSSR count). The van der Waals surface area contributed by atoms with Crippen LogP contribution >= 0.6 is 0 Å². The summed E-state index contributed by atoms with van der Waals surface area (Å²) >= 11 is 0. The summed E-state index contributed by atoms with van der Waals surface area (Å²) in [5, 5.41) is 20.3. The SMILES string of the molecule is Nc1nc(-c2ccco2)nc2c1nc(-c1ccco1)n2[C@@H]1OC[C@@H](O)[C@H]1O. The molecule has 10 nitrogen and oxygen atoms in total. The number of aliphatic hydroxyl groups excluding tert-OH is 2. The molecule has 0 unspecified atom stereocenters. The van der Waals surface area contributed by atoms with Gasteiger partial charge < -0.3 is 29.5 Å². The quantitative estimate of drug-likeness (QED) is 0.484. The number of aromatic nitrogens is 4. The van der Waals surface area contributed by atoms with E-state index in [1.54, 1.807) is 28.8 Å². The first-order chi connectivity index (χ1) is 13.1. The second-order valence-corrected chi connectivity index (χ2v) is 6.15. The Morgan fingerprint density at radius 3 is 2.41 bits per heavy atom. The standard InChI is InChI=1S/C17H15N5O5/c18-13-11-16(21-14(20-13)9-3-1-5-25-9)22(17-12(24)8(23)7-27-17)15(19-11)10-4-2-6-26-10/h1-6,8,12,17,23-24H,7H2,(H2,18,20,21)/t8-,12-,17-/m1/s1. The highest BCUT2D eigenvalue weighted by Crippen LogP contribution is 2.35. The van der Waals surface area contributed by atoms with Gasteiger partial charge in [-0.25, -0.2) is 15.0 Å². The zero-order chi connectivity index (χ0) is 18.5. The minimum absolute atomic E-state index is 0.0191. The normalized spacial score (nSPS) is 22.7. The molecule has 27 heavy (non-hydrogen) atoms. The molecule has 1 aliphatic rings. The Morgan fingerprint density at radius 2 is 1.78 bits per heavy atom. The van der Waals surface area contributed by atoms with Gasteiger partial charge in [0.15, 0.2) is 46.4 Å². The van der Waals surface area contributed by atoms with E-state index in [4.69, 9.17) is 19.3 Å². The number of ether oxygens (including phenoxy) is 1. The molecular formula is C17H15N5O5. The lowest BCUT2D eigenvalue weighted by Crippen LogP contribution is -2.28. The average molecular weight is 369 g/mol. The maximum atomic E-state index is 10.4. The first-order valence-electron chi connectivity index (χ1n) is 8.24. The Bertz CT molecular complexity index is 1090. The molecule has 5 heterocycles. The minimum Gasteiger partial charge on any atom is -0.461 e. The molecule has 4 N–H and O–H groups in total. The van der Waals surface area contributed by atoms with Crippen molar-refractivity contribution in [3.05, 3.63) is 36.8 Å². The van der Waals surface area contributed by atoms with Gasteiger partial charge in [0, 0.05) is 0 Å². The van der Waals surface area contributed by atoms with Gasteiger partial charge in [-0.2, -0.15) is 0 Å². The smallest absolute Gasteiger partial charge is 0.199 e. The number of fused-ring (bicyclic) bond motifs is 1. The average Bonchev–Trinajstić information content (AvgIpc) is 3.42. The van der Waals surface area contributed by atoms with Gasteiger partial charge in [-0.3, -0.25) is 4.57 Å². The first kappa shape index (κ1) is 16.0. The second-order valence-electron chi connectivity index (χ2n) is 6.15. The highest BCUT2D eigenvalue weighted by molar-refractivity contribution is 5.86. The molecule has 0 radical (unpaired) electrons. The third-order valence-corrected chi connectivity index (χ3v) is 4.43. The summed E-state index contributed by atoms with van der Waals surface area (Å²) in [6.07, 6.45) is -0.0996. The van der Waals surface area contributed by atoms with Crippen LogP contribution in [0.15, 0.2) is 45.6 Å². The van der Waals surface area contributed by atoms with Crippen LogP contribution in [0, 0.1) is 0 Å². The lowest BCUT2D eigenvalue weighted by atomic mass is 10.2. The number of hydrogen-bond acceptors (Lipinski definition) is 9. The molecule has 4 aromatic rings. The van der Waals surface area contributed by atoms with Gasteiger partial charge >= 0.3 is 0 Å². The second kappa shape index (κ2) is 5.91. The summed E-state index contributed by atoms with van der Waals surface area (Å²) in [6, 6.07) is 6.85. The Kier molecular flexibility index (Phi) is 3.50. The van der Waals surface area contributed by atoms with E-state index in [0.717, 1.165) is 0 Å². The van der Waals surface area contributed by atoms with Crippen LogP contribution in [0.3, 0.4) is 0 Å². The van der Waals surface area contributed by atoms with E-state index < -0.39 is 18.4 Å². The van der Waals surface area contributed by atoms with E-state index in [2.05, 4.69) is 15.0 Å². The van der Waals surface area contributed by atoms with Gasteiger partial charge in [0.1, 0.15) is 12.2 Å². The Balaban J connectivity index is 1.79. The van der Waals surface area contributed by atoms with Crippen molar-refractivity contribution in [1.82, 2.24) is 19.5 Å². The number of rotatable bonds is 3. The van der Waals surface area contributed by atoms with Crippen molar-refractivity contribution in [3.63, 3.8) is 0 Å². The monoisotopic (exact) mass is 369 g/mol. The minimum atomic E-state index is -1.17. The summed E-state index contributed by atoms with van der Waals surface area (Å²) < 4.78 is 18.0. The van der Waals surface area contributed by atoms with E-state index in [9.17, 15) is 10.2 Å². The van der Waals surface area contributed by atoms with E-state index in [-0.39, 0.29) is 18.2 Å². The zero-order valence-electron chi connectivity index (χ0n) is 13.9. The van der Waals surface area contributed by atoms with Crippen molar-refractivity contribution in [2.75, 3.05) is 12.3 Å². The fourth-order valence-electron chi connectivity index (χ4n) is 3.14. The molecular weight excluding hydrogens is 354 g/mol. The zero-order valence-corrected chi connectivity index (χ0v) is 13.9. The van der Waals surface area contributed by atoms with Crippen LogP contribution in [0.1, 0.15) is 6.23 Å². The topological polar surface area (TPSA) is 146 Å². The number of imidazole rings is 1. The van der Waals surface area contributed by atoms with Crippen molar-refractivity contribution in [3.8, 4) is 23.2 Å². The number of furan rings is 2. The third kappa shape index (κ3) is 2.42. The molecule has 1 fully saturated rings. The highest BCUT2D eigenvalue weighted by Gasteiger charge is 2.39. The molecule has 0 spiro atoms. The van der Waals surface area contributed by atoms with E-state index in [1.807, 2.05) is 0 Å². The van der Waals surface area contributed by atoms with E-state index in [1.165, 1.54) is 12.5 Å². The third-order valence-electron chi connectivity index (χ3n) is 4.43. The lowest BCUT2D eigenvalue weighted by molar-refractivity contribution is -0.0154. The number of hydrogen-bond donors (Lipinski definition) is 3. The number of nitrogens with zero attached hydrogens (tertiary/aromatic N) is 4. The Labute approximate surface area is 151 Å². The lowest BCUT2D eigenvalue weighted by Gasteiger charge is -2.18. The van der Waals surface area contributed by atoms with Gasteiger partial charge in [-0.05, 0) is 24.3 Å². The van der Waals surface area contributed by atoms with Gasteiger partial charge in [0.2, 0.25) is 0 Å². The summed E-state index contributed by atoms with van der Waals surface area (Å²) in [6.45, 7) is -0.0191. The molecule has 0 bridgehead atoms. The molecule has 4 aromatic heterocycles. The fourth-order valence-corrected chi connectivity index (χ4v) is 3.14. The van der Waals surface area contributed by atoms with Crippen molar-refractivity contribution < 1.29 is 23.8 Å². The van der Waals surface area contributed by atoms with Crippen molar-refractivity contribution in [2.45, 2.75) is 18.4 Å². The summed E-state index contributed by atoms with van der Waals surface area (Å²) in [5.74, 6) is 1.63. The van der Waals surface area contributed by atoms with Crippen LogP contribution in [0.2, 0.25) is 0 Å². The van der Waals surface area contributed by atoms with Gasteiger partial charge in [0.25, 0.3) is 0 Å². The maximum absolute atomic E-state index is 10.4. The Hall–Kier alpha value is -3.21. The first-order valence-corrected chi connectivity index (χ1v) is 8.24. The molecule has 138 valence electrons. The summed E-state index contributed by atoms with van der Waals surface area (Å²) in [5.41, 5.74) is 6.77. The molecule has 0 amide bonds. The van der Waals surface area contributed by atoms with Crippen molar-refractivity contribution >= 4 is 17.0 Å². The van der Waals surface area contributed by atoms with E-state index >= 15 is 0 Å². The van der Waals surface area contributed by atoms with E-state index in [0.29, 0.717) is 28.5 Å². The van der Waals surface area contributed by atoms with Crippen molar-refractivity contribution in [2.24, 2.45) is 0 Å². The molecule has 1 aliphatic heterocycles. The molecule has 1 saturated heterocycles. The molecule has 3 atom stereocenters. The van der Waals surface area contributed by atoms with Crippen LogP contribution in [0.25, 0.3) is 34.3 Å². The summed E-state index contributed by atoms with van der Waals surface area (Å²) in [7, 11) is 0. The molecule has 10 heteroatoms. The summed E-state index contributed by atoms with van der Waals surface area (Å²) in [4.78, 5) is 13.3. The largest absolute Gasteiger partial charge is 0.461 e. The number of nitrogens with two attached hydrogens (primary N) is 1. The van der Waals surface area contributed by atoms with Crippen LogP contribution in [0.4, 0.5) is 5.82 Å². The Morgan fingerprint density at radius 1 is 1.04 bits per heavy atom. The van der Waals surface area contributed by atoms with Gasteiger partial charge in [-0.1, -0.05) is 0 Å². The predicted octanol–water partition coefficient (Wildman–Crippen LogP) is 1.18. The molecule has 0 aromatic carbocycles. The van der Waals surface area contributed by atoms with Crippen LogP contribution < -0.4 is 5.73 Å². The predicted molar refractivity (Wildman–Crippen MR) is 92.1 cm³/mol. The number of nitrogen functional groups attached to an aromatic ring is 1. The van der Waals surface area contributed by atoms with Crippen LogP contribution in [0.5, 0.6) is 0 Å². The number of anilines is 1. The van der Waals surface area contributed by atoms with Crippen LogP contribution in [-0.4, -0.2) is 48.5 Å². The fraction of sp³-hybridized carbons (Fsp3) is 0.235. The van der Waals surface area contributed by atoms with Gasteiger partial charge in [-0.15, -0.1) is 0 Å². The van der Waals surface area contributed by atoms with Gasteiger partial charge in [0.05, 0.1) is 19.1 Å². The molecule has 0 aliphatic carbocycles. The van der Waals surface area contributed by atoms with Crippen LogP contribution in [-0.2, 0) is 4.74 Å². The molecule has 0 saturated carbocycles. The number of aliphatic hydroxyl groups is 2. The van der Waals surface area contributed by atoms with Crippen molar-refractivity contribution in [1.29, 1.82) is 0 Å². The highest BCUT2D eigenvalue weighted by atomic mass is 16.5. The maximum Gasteiger partial charge on any atom is 0.199 e.